The highest BCUT2D eigenvalue weighted by atomic mass is 16.5. The second-order valence-corrected chi connectivity index (χ2v) is 7.72. The summed E-state index contributed by atoms with van der Waals surface area (Å²) in [6, 6.07) is 15.8. The molecule has 2 aliphatic heterocycles. The second kappa shape index (κ2) is 8.20. The highest BCUT2D eigenvalue weighted by Crippen LogP contribution is 2.43. The van der Waals surface area contributed by atoms with Gasteiger partial charge in [0.25, 0.3) is 0 Å². The number of ketones is 1. The molecule has 0 fully saturated rings. The fraction of sp³-hybridized carbons (Fsp3) is 0.154. The molecule has 0 amide bonds. The maximum absolute atomic E-state index is 13.0. The fourth-order valence-electron chi connectivity index (χ4n) is 3.97. The number of carbonyl (C=O) groups excluding carboxylic acids is 1. The molecule has 1 aromatic heterocycles. The number of ether oxygens (including phenoxy) is 2. The van der Waals surface area contributed by atoms with Gasteiger partial charge in [-0.3, -0.25) is 14.7 Å². The van der Waals surface area contributed by atoms with Crippen molar-refractivity contribution in [1.82, 2.24) is 9.88 Å². The minimum atomic E-state index is -0.0944. The third kappa shape index (κ3) is 3.88. The topological polar surface area (TPSA) is 51.7 Å². The zero-order valence-electron chi connectivity index (χ0n) is 17.2. The third-order valence-electron chi connectivity index (χ3n) is 5.47. The van der Waals surface area contributed by atoms with E-state index >= 15 is 0 Å². The van der Waals surface area contributed by atoms with E-state index in [0.29, 0.717) is 30.3 Å². The largest absolute Gasteiger partial charge is 0.477 e. The van der Waals surface area contributed by atoms with Gasteiger partial charge in [-0.25, -0.2) is 0 Å². The summed E-state index contributed by atoms with van der Waals surface area (Å²) in [5.41, 5.74) is 4.67. The lowest BCUT2D eigenvalue weighted by Crippen LogP contribution is -2.32. The van der Waals surface area contributed by atoms with E-state index in [1.807, 2.05) is 73.8 Å². The van der Waals surface area contributed by atoms with Crippen molar-refractivity contribution in [2.75, 3.05) is 6.73 Å². The molecule has 0 atom stereocenters. The molecule has 5 rings (SSSR count). The molecule has 0 spiro atoms. The molecular formula is C26H22N2O3. The highest BCUT2D eigenvalue weighted by molar-refractivity contribution is 6.13. The zero-order valence-corrected chi connectivity index (χ0v) is 17.2. The van der Waals surface area contributed by atoms with E-state index in [2.05, 4.69) is 9.88 Å². The lowest BCUT2D eigenvalue weighted by molar-refractivity contribution is 0.0876. The van der Waals surface area contributed by atoms with Gasteiger partial charge < -0.3 is 9.47 Å². The van der Waals surface area contributed by atoms with Gasteiger partial charge in [-0.1, -0.05) is 48.6 Å². The lowest BCUT2D eigenvalue weighted by Gasteiger charge is -2.30. The highest BCUT2D eigenvalue weighted by Gasteiger charge is 2.33. The number of hydrogen-bond donors (Lipinski definition) is 0. The summed E-state index contributed by atoms with van der Waals surface area (Å²) in [6.45, 7) is 3.88. The minimum Gasteiger partial charge on any atom is -0.477 e. The molecule has 0 saturated carbocycles. The Morgan fingerprint density at radius 3 is 2.81 bits per heavy atom. The number of fused-ring (bicyclic) bond motifs is 2. The van der Waals surface area contributed by atoms with Crippen molar-refractivity contribution in [1.29, 1.82) is 0 Å². The summed E-state index contributed by atoms with van der Waals surface area (Å²) in [5.74, 6) is 1.65. The summed E-state index contributed by atoms with van der Waals surface area (Å²) in [7, 11) is 0. The van der Waals surface area contributed by atoms with Gasteiger partial charge in [-0.2, -0.15) is 0 Å². The van der Waals surface area contributed by atoms with E-state index in [4.69, 9.17) is 9.47 Å². The van der Waals surface area contributed by atoms with E-state index in [1.54, 1.807) is 12.3 Å². The summed E-state index contributed by atoms with van der Waals surface area (Å²) >= 11 is 0. The van der Waals surface area contributed by atoms with Crippen LogP contribution < -0.4 is 9.47 Å². The number of rotatable bonds is 4. The van der Waals surface area contributed by atoms with Crippen molar-refractivity contribution >= 4 is 11.9 Å². The van der Waals surface area contributed by atoms with Crippen LogP contribution in [0.5, 0.6) is 11.5 Å². The van der Waals surface area contributed by atoms with Gasteiger partial charge in [0, 0.05) is 36.6 Å². The Balaban J connectivity index is 1.37. The molecule has 2 aromatic carbocycles. The first-order valence-electron chi connectivity index (χ1n) is 10.3. The molecule has 31 heavy (non-hydrogen) atoms. The van der Waals surface area contributed by atoms with Crippen LogP contribution in [-0.2, 0) is 13.1 Å². The number of Topliss-reactive ketones (excluding diaryl/α,β-unsaturated/α-hetero) is 1. The van der Waals surface area contributed by atoms with Gasteiger partial charge in [0.2, 0.25) is 5.78 Å². The van der Waals surface area contributed by atoms with Crippen molar-refractivity contribution in [3.63, 3.8) is 0 Å². The van der Waals surface area contributed by atoms with Crippen LogP contribution in [0, 0.1) is 6.92 Å². The van der Waals surface area contributed by atoms with Crippen LogP contribution in [0.25, 0.3) is 6.08 Å². The van der Waals surface area contributed by atoms with Crippen molar-refractivity contribution in [2.45, 2.75) is 20.0 Å². The Bertz CT molecular complexity index is 1180. The van der Waals surface area contributed by atoms with Crippen molar-refractivity contribution in [3.05, 3.63) is 107 Å². The summed E-state index contributed by atoms with van der Waals surface area (Å²) in [6.07, 6.45) is 9.15. The van der Waals surface area contributed by atoms with E-state index < -0.39 is 0 Å². The number of carbonyl (C=O) groups is 1. The van der Waals surface area contributed by atoms with Gasteiger partial charge in [-0.15, -0.1) is 0 Å². The molecule has 154 valence electrons. The normalized spacial score (nSPS) is 16.8. The standard InChI is InChI=1S/C26H22N2O3/c1-18-25-21(16-28(17-30-25)15-20-10-6-12-27-14-20)13-22-24(29)23(31-26(18)22)11-5-9-19-7-3-2-4-8-19/h2-14H,15-17H2,1H3/b9-5+,23-11-. The fourth-order valence-corrected chi connectivity index (χ4v) is 3.97. The van der Waals surface area contributed by atoms with Gasteiger partial charge in [0.05, 0.1) is 5.56 Å². The van der Waals surface area contributed by atoms with Crippen molar-refractivity contribution in [3.8, 4) is 11.5 Å². The molecule has 0 N–H and O–H groups in total. The van der Waals surface area contributed by atoms with Crippen LogP contribution >= 0.6 is 0 Å². The van der Waals surface area contributed by atoms with E-state index in [0.717, 1.165) is 34.5 Å². The lowest BCUT2D eigenvalue weighted by atomic mass is 10.00. The number of aromatic nitrogens is 1. The Hall–Kier alpha value is -3.70. The van der Waals surface area contributed by atoms with E-state index in [-0.39, 0.29) is 5.78 Å². The minimum absolute atomic E-state index is 0.0944. The number of hydrogen-bond acceptors (Lipinski definition) is 5. The molecule has 5 nitrogen and oxygen atoms in total. The SMILES string of the molecule is Cc1c2c(cc3c1O/C(=C\C=C\c1ccccc1)C3=O)CN(Cc1cccnc1)CO2. The molecule has 3 heterocycles. The van der Waals surface area contributed by atoms with Crippen LogP contribution in [0.4, 0.5) is 0 Å². The summed E-state index contributed by atoms with van der Waals surface area (Å²) in [4.78, 5) is 19.3. The molecule has 0 unspecified atom stereocenters. The first-order valence-corrected chi connectivity index (χ1v) is 10.3. The van der Waals surface area contributed by atoms with Crippen LogP contribution in [0.1, 0.15) is 32.6 Å². The Morgan fingerprint density at radius 1 is 1.13 bits per heavy atom. The maximum Gasteiger partial charge on any atom is 0.231 e. The van der Waals surface area contributed by atoms with Crippen LogP contribution in [0.2, 0.25) is 0 Å². The van der Waals surface area contributed by atoms with Gasteiger partial charge in [0.1, 0.15) is 18.2 Å². The molecule has 2 aliphatic rings. The number of nitrogens with zero attached hydrogens (tertiary/aromatic N) is 2. The smallest absolute Gasteiger partial charge is 0.231 e. The van der Waals surface area contributed by atoms with Crippen molar-refractivity contribution < 1.29 is 14.3 Å². The monoisotopic (exact) mass is 410 g/mol. The average molecular weight is 410 g/mol. The summed E-state index contributed by atoms with van der Waals surface area (Å²) < 4.78 is 12.0. The maximum atomic E-state index is 13.0. The number of pyridine rings is 1. The van der Waals surface area contributed by atoms with Crippen LogP contribution in [0.3, 0.4) is 0 Å². The predicted octanol–water partition coefficient (Wildman–Crippen LogP) is 4.91. The van der Waals surface area contributed by atoms with E-state index in [1.165, 1.54) is 0 Å². The Morgan fingerprint density at radius 2 is 2.00 bits per heavy atom. The first kappa shape index (κ1) is 19.3. The predicted molar refractivity (Wildman–Crippen MR) is 119 cm³/mol. The Labute approximate surface area is 181 Å². The van der Waals surface area contributed by atoms with E-state index in [9.17, 15) is 4.79 Å². The van der Waals surface area contributed by atoms with Gasteiger partial charge >= 0.3 is 0 Å². The molecule has 0 radical (unpaired) electrons. The third-order valence-corrected chi connectivity index (χ3v) is 5.47. The molecule has 0 bridgehead atoms. The van der Waals surface area contributed by atoms with Gasteiger partial charge in [-0.05, 0) is 36.3 Å². The second-order valence-electron chi connectivity index (χ2n) is 7.72. The molecule has 3 aromatic rings. The summed E-state index contributed by atoms with van der Waals surface area (Å²) in [5, 5.41) is 0. The van der Waals surface area contributed by atoms with Crippen molar-refractivity contribution in [2.24, 2.45) is 0 Å². The number of benzene rings is 2. The molecule has 0 aliphatic carbocycles. The van der Waals surface area contributed by atoms with Crippen LogP contribution in [0.15, 0.2) is 78.8 Å². The van der Waals surface area contributed by atoms with Crippen LogP contribution in [-0.4, -0.2) is 22.4 Å². The van der Waals surface area contributed by atoms with Gasteiger partial charge in [0.15, 0.2) is 5.76 Å². The average Bonchev–Trinajstić information content (AvgIpc) is 3.11. The molecular weight excluding hydrogens is 388 g/mol. The quantitative estimate of drug-likeness (QED) is 0.572. The Kier molecular flexibility index (Phi) is 5.10. The first-order chi connectivity index (χ1) is 15.2. The number of allylic oxidation sites excluding steroid dienone is 3. The zero-order chi connectivity index (χ0) is 21.2. The molecule has 5 heteroatoms. The molecule has 0 saturated heterocycles.